The molecule has 0 aromatic heterocycles. The summed E-state index contributed by atoms with van der Waals surface area (Å²) in [5.74, 6) is 0. The van der Waals surface area contributed by atoms with E-state index < -0.39 is 0 Å². The molecule has 0 saturated heterocycles. The van der Waals surface area contributed by atoms with Crippen LogP contribution < -0.4 is 70.6 Å². The van der Waals surface area contributed by atoms with Gasteiger partial charge in [0.2, 0.25) is 0 Å². The smallest absolute Gasteiger partial charge is 1.00 e. The van der Waals surface area contributed by atoms with Crippen molar-refractivity contribution >= 4 is 0 Å². The zero-order valence-electron chi connectivity index (χ0n) is 5.57. The summed E-state index contributed by atoms with van der Waals surface area (Å²) >= 11 is 0. The molecule has 4 N–H and O–H groups in total. The van der Waals surface area contributed by atoms with Crippen molar-refractivity contribution in [2.24, 2.45) is 11.5 Å². The van der Waals surface area contributed by atoms with E-state index in [0.29, 0.717) is 13.1 Å². The summed E-state index contributed by atoms with van der Waals surface area (Å²) in [6, 6.07) is 0. The maximum atomic E-state index is 5.00. The molecule has 0 rings (SSSR count). The predicted octanol–water partition coefficient (Wildman–Crippen LogP) is -6.93. The Hall–Kier alpha value is 1.48. The summed E-state index contributed by atoms with van der Waals surface area (Å²) in [6.07, 6.45) is 10.0. The third-order valence-corrected chi connectivity index (χ3v) is 0.167. The van der Waals surface area contributed by atoms with E-state index in [1.807, 2.05) is 0 Å². The van der Waals surface area contributed by atoms with E-state index in [0.717, 1.165) is 0 Å². The molecule has 0 saturated carbocycles. The van der Waals surface area contributed by atoms with Crippen LogP contribution >= 0.6 is 0 Å². The third kappa shape index (κ3) is 51.1. The first-order valence-electron chi connectivity index (χ1n) is 1.57. The summed E-state index contributed by atoms with van der Waals surface area (Å²) < 4.78 is 0. The Morgan fingerprint density at radius 2 is 1.00 bits per heavy atom. The quantitative estimate of drug-likeness (QED) is 0.210. The van der Waals surface area contributed by atoms with Crippen molar-refractivity contribution in [3.05, 3.63) is 12.8 Å². The van der Waals surface area contributed by atoms with Crippen LogP contribution in [0.25, 0.3) is 0 Å². The second-order valence-electron chi connectivity index (χ2n) is 0.577. The van der Waals surface area contributed by atoms with Crippen LogP contribution in [0.1, 0.15) is 0 Å². The van der Waals surface area contributed by atoms with Crippen molar-refractivity contribution in [2.75, 3.05) is 13.1 Å². The number of hydrogen-bond acceptors (Lipinski definition) is 2. The Kier molecular flexibility index (Phi) is 111. The summed E-state index contributed by atoms with van der Waals surface area (Å²) in [5.41, 5.74) is 9.81. The van der Waals surface area contributed by atoms with Crippen LogP contribution in [0.4, 0.5) is 0 Å². The first kappa shape index (κ1) is 22.7. The summed E-state index contributed by atoms with van der Waals surface area (Å²) in [4.78, 5) is 0. The standard InChI is InChI=1S/C2H8N2.C2.2Na/c3-1-2-4;1-2;;/h1-4H2;;;/q;-2;2*+1. The molecule has 0 bridgehead atoms. The molecule has 0 fully saturated rings. The van der Waals surface area contributed by atoms with Crippen LogP contribution in [0.2, 0.25) is 0 Å². The number of rotatable bonds is 1. The van der Waals surface area contributed by atoms with Gasteiger partial charge in [-0.25, -0.2) is 0 Å². The fraction of sp³-hybridized carbons (Fsp3) is 0.500. The summed E-state index contributed by atoms with van der Waals surface area (Å²) in [5, 5.41) is 0. The molecule has 0 aliphatic rings. The van der Waals surface area contributed by atoms with Gasteiger partial charge in [-0.3, -0.25) is 0 Å². The SMILES string of the molecule is NCCN.[C-]#[C-].[Na+].[Na+]. The zero-order valence-corrected chi connectivity index (χ0v) is 9.57. The Labute approximate surface area is 95.3 Å². The van der Waals surface area contributed by atoms with Gasteiger partial charge in [-0.15, -0.1) is 0 Å². The molecule has 36 valence electrons. The Balaban J connectivity index is -0.0000000183. The van der Waals surface area contributed by atoms with Crippen molar-refractivity contribution in [1.82, 2.24) is 0 Å². The average Bonchev–Trinajstić information content (AvgIpc) is 1.72. The molecular formula is C4H8N2Na2. The third-order valence-electron chi connectivity index (χ3n) is 0.167. The first-order valence-corrected chi connectivity index (χ1v) is 1.57. The van der Waals surface area contributed by atoms with Crippen molar-refractivity contribution in [3.63, 3.8) is 0 Å². The molecule has 8 heavy (non-hydrogen) atoms. The van der Waals surface area contributed by atoms with Crippen LogP contribution in [0, 0.1) is 12.8 Å². The molecule has 0 spiro atoms. The number of hydrogen-bond donors (Lipinski definition) is 2. The van der Waals surface area contributed by atoms with Crippen molar-refractivity contribution in [2.45, 2.75) is 0 Å². The first-order chi connectivity index (χ1) is 2.91. The fourth-order valence-electron chi connectivity index (χ4n) is 0. The minimum Gasteiger partial charge on any atom is -1.00 e. The van der Waals surface area contributed by atoms with Crippen LogP contribution in [-0.2, 0) is 0 Å². The van der Waals surface area contributed by atoms with Gasteiger partial charge >= 0.3 is 59.1 Å². The molecule has 2 nitrogen and oxygen atoms in total. The second kappa shape index (κ2) is 39.2. The van der Waals surface area contributed by atoms with Crippen LogP contribution in [0.3, 0.4) is 0 Å². The predicted molar refractivity (Wildman–Crippen MR) is 24.6 cm³/mol. The van der Waals surface area contributed by atoms with E-state index in [1.165, 1.54) is 0 Å². The largest absolute Gasteiger partial charge is 1.00 e. The molecule has 0 unspecified atom stereocenters. The Morgan fingerprint density at radius 3 is 1.00 bits per heavy atom. The molecule has 0 aromatic carbocycles. The van der Waals surface area contributed by atoms with Gasteiger partial charge < -0.3 is 24.3 Å². The van der Waals surface area contributed by atoms with Crippen molar-refractivity contribution < 1.29 is 59.1 Å². The van der Waals surface area contributed by atoms with Crippen LogP contribution in [0.5, 0.6) is 0 Å². The molecule has 0 radical (unpaired) electrons. The molecule has 0 amide bonds. The molecule has 0 atom stereocenters. The fourth-order valence-corrected chi connectivity index (χ4v) is 0. The minimum absolute atomic E-state index is 0. The Bertz CT molecular complexity index is 28.5. The Morgan fingerprint density at radius 1 is 0.875 bits per heavy atom. The van der Waals surface area contributed by atoms with Gasteiger partial charge in [-0.1, -0.05) is 0 Å². The zero-order chi connectivity index (χ0) is 5.41. The van der Waals surface area contributed by atoms with E-state index in [1.54, 1.807) is 0 Å². The maximum absolute atomic E-state index is 5.00. The van der Waals surface area contributed by atoms with Crippen molar-refractivity contribution in [1.29, 1.82) is 0 Å². The molecular weight excluding hydrogens is 122 g/mol. The molecule has 0 aliphatic heterocycles. The van der Waals surface area contributed by atoms with Crippen molar-refractivity contribution in [3.8, 4) is 0 Å². The van der Waals surface area contributed by atoms with E-state index in [2.05, 4.69) is 0 Å². The molecule has 0 heterocycles. The van der Waals surface area contributed by atoms with E-state index >= 15 is 0 Å². The average molecular weight is 130 g/mol. The van der Waals surface area contributed by atoms with Gasteiger partial charge in [0.15, 0.2) is 0 Å². The maximum Gasteiger partial charge on any atom is 1.00 e. The van der Waals surface area contributed by atoms with Gasteiger partial charge in [-0.05, 0) is 0 Å². The van der Waals surface area contributed by atoms with E-state index in [9.17, 15) is 0 Å². The minimum atomic E-state index is 0. The second-order valence-corrected chi connectivity index (χ2v) is 0.577. The van der Waals surface area contributed by atoms with Gasteiger partial charge in [0.1, 0.15) is 0 Å². The van der Waals surface area contributed by atoms with Crippen LogP contribution in [-0.4, -0.2) is 13.1 Å². The molecule has 4 heteroatoms. The topological polar surface area (TPSA) is 52.0 Å². The normalized spacial score (nSPS) is 4.00. The van der Waals surface area contributed by atoms with Gasteiger partial charge in [0.25, 0.3) is 0 Å². The summed E-state index contributed by atoms with van der Waals surface area (Å²) in [6.45, 7) is 1.19. The van der Waals surface area contributed by atoms with Crippen LogP contribution in [0.15, 0.2) is 0 Å². The summed E-state index contributed by atoms with van der Waals surface area (Å²) in [7, 11) is 0. The van der Waals surface area contributed by atoms with E-state index in [4.69, 9.17) is 24.3 Å². The monoisotopic (exact) mass is 130 g/mol. The van der Waals surface area contributed by atoms with Gasteiger partial charge in [0.05, 0.1) is 0 Å². The van der Waals surface area contributed by atoms with E-state index in [-0.39, 0.29) is 59.1 Å². The van der Waals surface area contributed by atoms with Gasteiger partial charge in [0, 0.05) is 13.1 Å². The number of nitrogens with two attached hydrogens (primary N) is 2. The van der Waals surface area contributed by atoms with Gasteiger partial charge in [-0.2, -0.15) is 0 Å². The molecule has 0 aliphatic carbocycles. The molecule has 0 aromatic rings.